The molecule has 0 bridgehead atoms. The van der Waals surface area contributed by atoms with Gasteiger partial charge < -0.3 is 10.1 Å². The van der Waals surface area contributed by atoms with Crippen molar-refractivity contribution in [3.05, 3.63) is 44.3 Å². The second-order valence-corrected chi connectivity index (χ2v) is 7.84. The van der Waals surface area contributed by atoms with E-state index in [1.54, 1.807) is 11.3 Å². The summed E-state index contributed by atoms with van der Waals surface area (Å²) in [6.07, 6.45) is 0. The summed E-state index contributed by atoms with van der Waals surface area (Å²) < 4.78 is 6.79. The number of ether oxygens (including phenoxy) is 1. The van der Waals surface area contributed by atoms with E-state index in [9.17, 15) is 0 Å². The van der Waals surface area contributed by atoms with E-state index in [2.05, 4.69) is 59.1 Å². The lowest BCUT2D eigenvalue weighted by atomic mass is 10.1. The van der Waals surface area contributed by atoms with Crippen molar-refractivity contribution < 1.29 is 4.74 Å². The summed E-state index contributed by atoms with van der Waals surface area (Å²) in [6, 6.07) is 6.19. The molecular weight excluding hydrogens is 348 g/mol. The van der Waals surface area contributed by atoms with Crippen LogP contribution in [0.25, 0.3) is 0 Å². The molecule has 0 spiro atoms. The van der Waals surface area contributed by atoms with Gasteiger partial charge in [-0.15, -0.1) is 11.3 Å². The van der Waals surface area contributed by atoms with Crippen molar-refractivity contribution in [1.29, 1.82) is 0 Å². The molecule has 0 radical (unpaired) electrons. The van der Waals surface area contributed by atoms with Crippen molar-refractivity contribution in [3.63, 3.8) is 0 Å². The fraction of sp³-hybridized carbons (Fsp3) is 0.438. The zero-order valence-electron chi connectivity index (χ0n) is 12.9. The van der Waals surface area contributed by atoms with Gasteiger partial charge in [0.15, 0.2) is 0 Å². The van der Waals surface area contributed by atoms with Crippen LogP contribution in [0.2, 0.25) is 0 Å². The molecule has 1 aromatic carbocycles. The van der Waals surface area contributed by atoms with Gasteiger partial charge in [0.25, 0.3) is 0 Å². The van der Waals surface area contributed by atoms with Gasteiger partial charge in [0.1, 0.15) is 17.4 Å². The number of aryl methyl sites for hydroxylation is 1. The van der Waals surface area contributed by atoms with Crippen LogP contribution in [0.15, 0.2) is 28.1 Å². The number of hydrogen-bond acceptors (Lipinski definition) is 4. The number of benzene rings is 1. The highest BCUT2D eigenvalue weighted by Gasteiger charge is 2.10. The first-order valence-corrected chi connectivity index (χ1v) is 8.58. The predicted octanol–water partition coefficient (Wildman–Crippen LogP) is 4.68. The fourth-order valence-electron chi connectivity index (χ4n) is 1.75. The predicted molar refractivity (Wildman–Crippen MR) is 91.9 cm³/mol. The molecule has 21 heavy (non-hydrogen) atoms. The molecule has 0 amide bonds. The van der Waals surface area contributed by atoms with Gasteiger partial charge in [-0.2, -0.15) is 0 Å². The molecule has 5 heteroatoms. The number of hydrogen-bond donors (Lipinski definition) is 1. The van der Waals surface area contributed by atoms with Crippen LogP contribution in [0.5, 0.6) is 5.75 Å². The van der Waals surface area contributed by atoms with E-state index in [1.807, 2.05) is 18.4 Å². The highest BCUT2D eigenvalue weighted by atomic mass is 79.9. The summed E-state index contributed by atoms with van der Waals surface area (Å²) in [4.78, 5) is 4.40. The Labute approximate surface area is 138 Å². The zero-order chi connectivity index (χ0) is 15.5. The van der Waals surface area contributed by atoms with Crippen LogP contribution in [0, 0.1) is 6.92 Å². The van der Waals surface area contributed by atoms with Crippen molar-refractivity contribution >= 4 is 27.3 Å². The van der Waals surface area contributed by atoms with Crippen LogP contribution < -0.4 is 10.1 Å². The maximum Gasteiger partial charge on any atom is 0.140 e. The van der Waals surface area contributed by atoms with Crippen LogP contribution in [-0.2, 0) is 13.2 Å². The van der Waals surface area contributed by atoms with E-state index < -0.39 is 0 Å². The van der Waals surface area contributed by atoms with E-state index in [0.29, 0.717) is 6.61 Å². The minimum atomic E-state index is 0.115. The Bertz CT molecular complexity index is 605. The molecular formula is C16H21BrN2OS. The Morgan fingerprint density at radius 3 is 2.67 bits per heavy atom. The van der Waals surface area contributed by atoms with Gasteiger partial charge in [-0.1, -0.05) is 6.07 Å². The summed E-state index contributed by atoms with van der Waals surface area (Å²) >= 11 is 5.20. The zero-order valence-corrected chi connectivity index (χ0v) is 15.3. The van der Waals surface area contributed by atoms with Gasteiger partial charge >= 0.3 is 0 Å². The van der Waals surface area contributed by atoms with Gasteiger partial charge in [-0.05, 0) is 61.3 Å². The molecule has 0 saturated heterocycles. The van der Waals surface area contributed by atoms with E-state index in [0.717, 1.165) is 27.5 Å². The Balaban J connectivity index is 1.95. The molecule has 3 nitrogen and oxygen atoms in total. The van der Waals surface area contributed by atoms with Crippen molar-refractivity contribution in [2.75, 3.05) is 0 Å². The van der Waals surface area contributed by atoms with Crippen LogP contribution in [0.3, 0.4) is 0 Å². The Morgan fingerprint density at radius 2 is 2.10 bits per heavy atom. The van der Waals surface area contributed by atoms with Crippen molar-refractivity contribution in [2.24, 2.45) is 0 Å². The third kappa shape index (κ3) is 5.41. The molecule has 0 atom stereocenters. The van der Waals surface area contributed by atoms with E-state index in [-0.39, 0.29) is 5.54 Å². The van der Waals surface area contributed by atoms with Gasteiger partial charge in [-0.3, -0.25) is 0 Å². The normalized spacial score (nSPS) is 11.7. The monoisotopic (exact) mass is 368 g/mol. The van der Waals surface area contributed by atoms with Gasteiger partial charge in [0, 0.05) is 23.2 Å². The first kappa shape index (κ1) is 16.5. The SMILES string of the molecule is Cc1csc(COc2ccc(CNC(C)(C)C)cc2Br)n1. The molecule has 2 aromatic rings. The molecule has 2 rings (SSSR count). The summed E-state index contributed by atoms with van der Waals surface area (Å²) in [6.45, 7) is 9.83. The minimum absolute atomic E-state index is 0.115. The summed E-state index contributed by atoms with van der Waals surface area (Å²) in [5.41, 5.74) is 2.39. The molecule has 0 aliphatic carbocycles. The quantitative estimate of drug-likeness (QED) is 0.831. The molecule has 0 aliphatic heterocycles. The van der Waals surface area contributed by atoms with E-state index >= 15 is 0 Å². The summed E-state index contributed by atoms with van der Waals surface area (Å²) in [5, 5.41) is 6.51. The third-order valence-electron chi connectivity index (χ3n) is 2.84. The van der Waals surface area contributed by atoms with Crippen molar-refractivity contribution in [2.45, 2.75) is 46.4 Å². The maximum absolute atomic E-state index is 5.82. The molecule has 1 heterocycles. The number of rotatable bonds is 5. The van der Waals surface area contributed by atoms with Crippen LogP contribution >= 0.6 is 27.3 Å². The molecule has 1 N–H and O–H groups in total. The van der Waals surface area contributed by atoms with Crippen molar-refractivity contribution in [3.8, 4) is 5.75 Å². The topological polar surface area (TPSA) is 34.1 Å². The molecule has 0 saturated carbocycles. The Hall–Kier alpha value is -0.910. The summed E-state index contributed by atoms with van der Waals surface area (Å²) in [7, 11) is 0. The van der Waals surface area contributed by atoms with Crippen LogP contribution in [-0.4, -0.2) is 10.5 Å². The molecule has 114 valence electrons. The molecule has 0 fully saturated rings. The molecule has 1 aromatic heterocycles. The molecule has 0 unspecified atom stereocenters. The van der Waals surface area contributed by atoms with Gasteiger partial charge in [0.2, 0.25) is 0 Å². The standard InChI is InChI=1S/C16H21BrN2OS/c1-11-10-21-15(19-11)9-20-14-6-5-12(7-13(14)17)8-18-16(2,3)4/h5-7,10,18H,8-9H2,1-4H3. The highest BCUT2D eigenvalue weighted by Crippen LogP contribution is 2.27. The smallest absolute Gasteiger partial charge is 0.140 e. The largest absolute Gasteiger partial charge is 0.485 e. The first-order chi connectivity index (χ1) is 9.83. The first-order valence-electron chi connectivity index (χ1n) is 6.91. The van der Waals surface area contributed by atoms with E-state index in [4.69, 9.17) is 4.74 Å². The van der Waals surface area contributed by atoms with Crippen LogP contribution in [0.4, 0.5) is 0 Å². The Morgan fingerprint density at radius 1 is 1.33 bits per heavy atom. The average molecular weight is 369 g/mol. The number of nitrogens with zero attached hydrogens (tertiary/aromatic N) is 1. The number of thiazole rings is 1. The number of aromatic nitrogens is 1. The third-order valence-corrected chi connectivity index (χ3v) is 4.40. The number of halogens is 1. The lowest BCUT2D eigenvalue weighted by Gasteiger charge is -2.20. The maximum atomic E-state index is 5.82. The minimum Gasteiger partial charge on any atom is -0.485 e. The lowest BCUT2D eigenvalue weighted by molar-refractivity contribution is 0.303. The lowest BCUT2D eigenvalue weighted by Crippen LogP contribution is -2.35. The van der Waals surface area contributed by atoms with Crippen molar-refractivity contribution in [1.82, 2.24) is 10.3 Å². The van der Waals surface area contributed by atoms with Gasteiger partial charge in [-0.25, -0.2) is 4.98 Å². The summed E-state index contributed by atoms with van der Waals surface area (Å²) in [5.74, 6) is 0.849. The van der Waals surface area contributed by atoms with E-state index in [1.165, 1.54) is 5.56 Å². The number of nitrogens with one attached hydrogen (secondary N) is 1. The second-order valence-electron chi connectivity index (χ2n) is 6.04. The van der Waals surface area contributed by atoms with Crippen LogP contribution in [0.1, 0.15) is 37.0 Å². The Kier molecular flexibility index (Phi) is 5.41. The fourth-order valence-corrected chi connectivity index (χ4v) is 2.97. The highest BCUT2D eigenvalue weighted by molar-refractivity contribution is 9.10. The average Bonchev–Trinajstić information content (AvgIpc) is 2.80. The molecule has 0 aliphatic rings. The second kappa shape index (κ2) is 6.90. The van der Waals surface area contributed by atoms with Gasteiger partial charge in [0.05, 0.1) is 4.47 Å².